The normalized spacial score (nSPS) is 9.86. The van der Waals surface area contributed by atoms with Gasteiger partial charge in [-0.05, 0) is 24.0 Å². The van der Waals surface area contributed by atoms with E-state index in [0.29, 0.717) is 12.5 Å². The average Bonchev–Trinajstić information content (AvgIpc) is 2.26. The molecule has 0 radical (unpaired) electrons. The number of thioether (sulfide) groups is 1. The smallest absolute Gasteiger partial charge is 0.133 e. The maximum absolute atomic E-state index is 5.61. The van der Waals surface area contributed by atoms with Crippen molar-refractivity contribution in [2.24, 2.45) is 0 Å². The number of rotatable bonds is 5. The first-order chi connectivity index (χ1) is 6.77. The van der Waals surface area contributed by atoms with Crippen molar-refractivity contribution in [3.63, 3.8) is 0 Å². The number of halogens is 1. The SMILES string of the molecule is C=C(CCl)COc1ccccc1SC. The van der Waals surface area contributed by atoms with Crippen LogP contribution in [-0.2, 0) is 0 Å². The quantitative estimate of drug-likeness (QED) is 0.433. The molecule has 0 saturated heterocycles. The van der Waals surface area contributed by atoms with E-state index < -0.39 is 0 Å². The molecular weight excluding hydrogens is 216 g/mol. The van der Waals surface area contributed by atoms with Crippen molar-refractivity contribution in [1.82, 2.24) is 0 Å². The summed E-state index contributed by atoms with van der Waals surface area (Å²) in [4.78, 5) is 1.13. The molecule has 0 heterocycles. The van der Waals surface area contributed by atoms with Gasteiger partial charge in [-0.2, -0.15) is 0 Å². The number of hydrogen-bond acceptors (Lipinski definition) is 2. The molecule has 0 aliphatic carbocycles. The van der Waals surface area contributed by atoms with E-state index in [-0.39, 0.29) is 0 Å². The van der Waals surface area contributed by atoms with E-state index >= 15 is 0 Å². The molecule has 0 amide bonds. The molecule has 14 heavy (non-hydrogen) atoms. The van der Waals surface area contributed by atoms with E-state index in [4.69, 9.17) is 16.3 Å². The summed E-state index contributed by atoms with van der Waals surface area (Å²) in [5.74, 6) is 1.34. The molecule has 0 atom stereocenters. The molecule has 1 aromatic rings. The van der Waals surface area contributed by atoms with Crippen LogP contribution in [0.15, 0.2) is 41.3 Å². The molecule has 3 heteroatoms. The van der Waals surface area contributed by atoms with Gasteiger partial charge in [-0.25, -0.2) is 0 Å². The predicted octanol–water partition coefficient (Wildman–Crippen LogP) is 3.58. The first-order valence-electron chi connectivity index (χ1n) is 4.26. The van der Waals surface area contributed by atoms with Crippen molar-refractivity contribution in [3.8, 4) is 5.75 Å². The lowest BCUT2D eigenvalue weighted by molar-refractivity contribution is 0.345. The molecule has 76 valence electrons. The Kier molecular flexibility index (Phi) is 4.91. The van der Waals surface area contributed by atoms with Crippen molar-refractivity contribution in [1.29, 1.82) is 0 Å². The fraction of sp³-hybridized carbons (Fsp3) is 0.273. The van der Waals surface area contributed by atoms with Gasteiger partial charge in [0.05, 0.1) is 0 Å². The van der Waals surface area contributed by atoms with Gasteiger partial charge in [0.15, 0.2) is 0 Å². The maximum atomic E-state index is 5.61. The molecule has 1 nitrogen and oxygen atoms in total. The highest BCUT2D eigenvalue weighted by molar-refractivity contribution is 7.98. The number of para-hydroxylation sites is 1. The third kappa shape index (κ3) is 3.28. The molecule has 0 aliphatic rings. The minimum atomic E-state index is 0.446. The van der Waals surface area contributed by atoms with Crippen molar-refractivity contribution in [3.05, 3.63) is 36.4 Å². The van der Waals surface area contributed by atoms with E-state index in [0.717, 1.165) is 16.2 Å². The Labute approximate surface area is 94.1 Å². The Balaban J connectivity index is 2.61. The van der Waals surface area contributed by atoms with Crippen LogP contribution in [0.4, 0.5) is 0 Å². The van der Waals surface area contributed by atoms with Crippen LogP contribution in [0.25, 0.3) is 0 Å². The molecule has 0 fully saturated rings. The minimum Gasteiger partial charge on any atom is -0.488 e. The highest BCUT2D eigenvalue weighted by Gasteiger charge is 2.01. The van der Waals surface area contributed by atoms with Crippen molar-refractivity contribution < 1.29 is 4.74 Å². The molecular formula is C11H13ClOS. The molecule has 0 unspecified atom stereocenters. The highest BCUT2D eigenvalue weighted by atomic mass is 35.5. The fourth-order valence-corrected chi connectivity index (χ4v) is 1.58. The second-order valence-electron chi connectivity index (χ2n) is 2.82. The first-order valence-corrected chi connectivity index (χ1v) is 6.02. The van der Waals surface area contributed by atoms with Crippen molar-refractivity contribution >= 4 is 23.4 Å². The summed E-state index contributed by atoms with van der Waals surface area (Å²) in [6.45, 7) is 4.27. The van der Waals surface area contributed by atoms with Gasteiger partial charge in [-0.1, -0.05) is 18.7 Å². The van der Waals surface area contributed by atoms with Crippen molar-refractivity contribution in [2.75, 3.05) is 18.7 Å². The van der Waals surface area contributed by atoms with Crippen LogP contribution < -0.4 is 4.74 Å². The zero-order valence-corrected chi connectivity index (χ0v) is 9.70. The lowest BCUT2D eigenvalue weighted by atomic mass is 10.3. The standard InChI is InChI=1S/C11H13ClOS/c1-9(7-12)8-13-10-5-3-4-6-11(10)14-2/h3-6H,1,7-8H2,2H3. The van der Waals surface area contributed by atoms with E-state index in [9.17, 15) is 0 Å². The lowest BCUT2D eigenvalue weighted by Crippen LogP contribution is -2.01. The van der Waals surface area contributed by atoms with Gasteiger partial charge < -0.3 is 4.74 Å². The first kappa shape index (κ1) is 11.5. The summed E-state index contributed by atoms with van der Waals surface area (Å²) in [5.41, 5.74) is 0.891. The monoisotopic (exact) mass is 228 g/mol. The maximum Gasteiger partial charge on any atom is 0.133 e. The predicted molar refractivity (Wildman–Crippen MR) is 63.6 cm³/mol. The molecule has 0 saturated carbocycles. The second-order valence-corrected chi connectivity index (χ2v) is 3.94. The average molecular weight is 229 g/mol. The Morgan fingerprint density at radius 1 is 1.50 bits per heavy atom. The molecule has 0 N–H and O–H groups in total. The number of benzene rings is 1. The largest absolute Gasteiger partial charge is 0.488 e. The van der Waals surface area contributed by atoms with Crippen LogP contribution in [0.2, 0.25) is 0 Å². The summed E-state index contributed by atoms with van der Waals surface area (Å²) >= 11 is 7.27. The van der Waals surface area contributed by atoms with Gasteiger partial charge in [-0.3, -0.25) is 0 Å². The Morgan fingerprint density at radius 2 is 2.21 bits per heavy atom. The van der Waals surface area contributed by atoms with Gasteiger partial charge in [0.2, 0.25) is 0 Å². The Bertz CT molecular complexity index is 312. The highest BCUT2D eigenvalue weighted by Crippen LogP contribution is 2.27. The summed E-state index contributed by atoms with van der Waals surface area (Å²) in [6.07, 6.45) is 2.03. The van der Waals surface area contributed by atoms with E-state index in [1.165, 1.54) is 0 Å². The summed E-state index contributed by atoms with van der Waals surface area (Å²) < 4.78 is 5.58. The third-order valence-electron chi connectivity index (χ3n) is 1.69. The molecule has 0 aromatic heterocycles. The molecule has 1 aromatic carbocycles. The van der Waals surface area contributed by atoms with E-state index in [1.807, 2.05) is 30.5 Å². The van der Waals surface area contributed by atoms with Gasteiger partial charge in [0.1, 0.15) is 12.4 Å². The van der Waals surface area contributed by atoms with Crippen LogP contribution in [-0.4, -0.2) is 18.7 Å². The Morgan fingerprint density at radius 3 is 2.86 bits per heavy atom. The van der Waals surface area contributed by atoms with Crippen LogP contribution >= 0.6 is 23.4 Å². The van der Waals surface area contributed by atoms with E-state index in [1.54, 1.807) is 11.8 Å². The van der Waals surface area contributed by atoms with Crippen LogP contribution in [0.1, 0.15) is 0 Å². The number of ether oxygens (including phenoxy) is 1. The third-order valence-corrected chi connectivity index (χ3v) is 2.84. The summed E-state index contributed by atoms with van der Waals surface area (Å²) in [7, 11) is 0. The molecule has 0 aliphatic heterocycles. The fourth-order valence-electron chi connectivity index (χ4n) is 0.956. The van der Waals surface area contributed by atoms with Gasteiger partial charge in [0.25, 0.3) is 0 Å². The molecule has 0 spiro atoms. The van der Waals surface area contributed by atoms with Crippen LogP contribution in [0, 0.1) is 0 Å². The van der Waals surface area contributed by atoms with Crippen molar-refractivity contribution in [2.45, 2.75) is 4.90 Å². The van der Waals surface area contributed by atoms with Crippen LogP contribution in [0.5, 0.6) is 5.75 Å². The summed E-state index contributed by atoms with van der Waals surface area (Å²) in [5, 5.41) is 0. The topological polar surface area (TPSA) is 9.23 Å². The van der Waals surface area contributed by atoms with Crippen LogP contribution in [0.3, 0.4) is 0 Å². The Hall–Kier alpha value is -0.600. The van der Waals surface area contributed by atoms with Gasteiger partial charge >= 0.3 is 0 Å². The zero-order valence-electron chi connectivity index (χ0n) is 8.13. The number of alkyl halides is 1. The number of hydrogen-bond donors (Lipinski definition) is 0. The molecule has 1 rings (SSSR count). The minimum absolute atomic E-state index is 0.446. The van der Waals surface area contributed by atoms with Gasteiger partial charge in [-0.15, -0.1) is 23.4 Å². The second kappa shape index (κ2) is 5.99. The zero-order chi connectivity index (χ0) is 10.4. The summed E-state index contributed by atoms with van der Waals surface area (Å²) in [6, 6.07) is 7.93. The molecule has 0 bridgehead atoms. The van der Waals surface area contributed by atoms with E-state index in [2.05, 4.69) is 6.58 Å². The van der Waals surface area contributed by atoms with Gasteiger partial charge in [0, 0.05) is 10.8 Å². The lowest BCUT2D eigenvalue weighted by Gasteiger charge is -2.09.